The molecule has 0 unspecified atom stereocenters. The Kier molecular flexibility index (Phi) is 3.54. The highest BCUT2D eigenvalue weighted by molar-refractivity contribution is 6.31. The third-order valence-electron chi connectivity index (χ3n) is 1.89. The van der Waals surface area contributed by atoms with E-state index in [1.165, 1.54) is 6.07 Å². The second kappa shape index (κ2) is 4.46. The first-order chi connectivity index (χ1) is 6.19. The van der Waals surface area contributed by atoms with Crippen molar-refractivity contribution in [3.05, 3.63) is 28.8 Å². The number of benzene rings is 1. The molecule has 1 aromatic carbocycles. The molecule has 0 spiro atoms. The van der Waals surface area contributed by atoms with Gasteiger partial charge in [0, 0.05) is 5.02 Å². The van der Waals surface area contributed by atoms with Gasteiger partial charge in [0.1, 0.15) is 5.75 Å². The van der Waals surface area contributed by atoms with Crippen LogP contribution in [0.2, 0.25) is 5.02 Å². The molecule has 13 heavy (non-hydrogen) atoms. The van der Waals surface area contributed by atoms with Crippen molar-refractivity contribution in [1.82, 2.24) is 5.32 Å². The van der Waals surface area contributed by atoms with E-state index in [0.717, 1.165) is 0 Å². The van der Waals surface area contributed by atoms with Gasteiger partial charge in [-0.15, -0.1) is 0 Å². The molecule has 0 radical (unpaired) electrons. The van der Waals surface area contributed by atoms with Gasteiger partial charge in [-0.3, -0.25) is 0 Å². The van der Waals surface area contributed by atoms with E-state index in [2.05, 4.69) is 5.32 Å². The molecular weight excluding hydrogens is 190 g/mol. The van der Waals surface area contributed by atoms with E-state index < -0.39 is 0 Å². The maximum absolute atomic E-state index is 9.21. The van der Waals surface area contributed by atoms with E-state index in [1.807, 2.05) is 0 Å². The Bertz CT molecular complexity index is 287. The third kappa shape index (κ3) is 2.34. The normalized spacial score (nSPS) is 12.8. The maximum Gasteiger partial charge on any atom is 0.116 e. The molecule has 1 aromatic rings. The zero-order valence-corrected chi connectivity index (χ0v) is 8.04. The number of hydrogen-bond acceptors (Lipinski definition) is 3. The van der Waals surface area contributed by atoms with Gasteiger partial charge in [-0.2, -0.15) is 0 Å². The SMILES string of the molecule is CN[C@@H](CO)c1cc(O)ccc1Cl. The summed E-state index contributed by atoms with van der Waals surface area (Å²) in [6.07, 6.45) is 0. The molecule has 1 atom stereocenters. The predicted octanol–water partition coefficient (Wildman–Crippen LogP) is 1.30. The molecule has 0 aliphatic rings. The minimum atomic E-state index is -0.236. The van der Waals surface area contributed by atoms with Gasteiger partial charge in [0.2, 0.25) is 0 Å². The Morgan fingerprint density at radius 2 is 2.23 bits per heavy atom. The first kappa shape index (κ1) is 10.3. The summed E-state index contributed by atoms with van der Waals surface area (Å²) in [5, 5.41) is 21.6. The number of rotatable bonds is 3. The van der Waals surface area contributed by atoms with Crippen LogP contribution < -0.4 is 5.32 Å². The standard InChI is InChI=1S/C9H12ClNO2/c1-11-9(5-12)7-4-6(13)2-3-8(7)10/h2-4,9,11-13H,5H2,1H3/t9-/m0/s1. The van der Waals surface area contributed by atoms with Crippen LogP contribution in [0.4, 0.5) is 0 Å². The summed E-state index contributed by atoms with van der Waals surface area (Å²) in [6, 6.07) is 4.42. The molecule has 0 fully saturated rings. The van der Waals surface area contributed by atoms with Crippen molar-refractivity contribution < 1.29 is 10.2 Å². The number of aliphatic hydroxyl groups is 1. The Balaban J connectivity index is 3.03. The molecule has 4 heteroatoms. The average Bonchev–Trinajstić information content (AvgIpc) is 2.13. The van der Waals surface area contributed by atoms with Crippen molar-refractivity contribution in [2.45, 2.75) is 6.04 Å². The summed E-state index contributed by atoms with van der Waals surface area (Å²) in [7, 11) is 1.72. The lowest BCUT2D eigenvalue weighted by Gasteiger charge is -2.15. The highest BCUT2D eigenvalue weighted by Crippen LogP contribution is 2.26. The van der Waals surface area contributed by atoms with Crippen LogP contribution >= 0.6 is 11.6 Å². The number of halogens is 1. The molecule has 0 aliphatic carbocycles. The molecule has 3 N–H and O–H groups in total. The van der Waals surface area contributed by atoms with Crippen molar-refractivity contribution in [3.63, 3.8) is 0 Å². The molecule has 3 nitrogen and oxygen atoms in total. The largest absolute Gasteiger partial charge is 0.508 e. The second-order valence-corrected chi connectivity index (χ2v) is 3.14. The first-order valence-corrected chi connectivity index (χ1v) is 4.33. The molecule has 1 rings (SSSR count). The van der Waals surface area contributed by atoms with Gasteiger partial charge in [-0.1, -0.05) is 11.6 Å². The number of aliphatic hydroxyl groups excluding tert-OH is 1. The molecule has 0 heterocycles. The Morgan fingerprint density at radius 3 is 2.77 bits per heavy atom. The van der Waals surface area contributed by atoms with Crippen molar-refractivity contribution in [3.8, 4) is 5.75 Å². The summed E-state index contributed by atoms with van der Waals surface area (Å²) in [5.41, 5.74) is 0.701. The molecule has 0 saturated heterocycles. The minimum absolute atomic E-state index is 0.0559. The van der Waals surface area contributed by atoms with Crippen LogP contribution in [-0.4, -0.2) is 23.9 Å². The molecule has 0 amide bonds. The zero-order chi connectivity index (χ0) is 9.84. The zero-order valence-electron chi connectivity index (χ0n) is 7.29. The molecule has 72 valence electrons. The first-order valence-electron chi connectivity index (χ1n) is 3.95. The van der Waals surface area contributed by atoms with Gasteiger partial charge in [-0.25, -0.2) is 0 Å². The molecule has 0 bridgehead atoms. The van der Waals surface area contributed by atoms with E-state index in [4.69, 9.17) is 16.7 Å². The van der Waals surface area contributed by atoms with E-state index in [1.54, 1.807) is 19.2 Å². The van der Waals surface area contributed by atoms with Crippen molar-refractivity contribution in [2.75, 3.05) is 13.7 Å². The molecular formula is C9H12ClNO2. The number of nitrogens with one attached hydrogen (secondary N) is 1. The fourth-order valence-corrected chi connectivity index (χ4v) is 1.39. The maximum atomic E-state index is 9.21. The van der Waals surface area contributed by atoms with Crippen molar-refractivity contribution in [2.24, 2.45) is 0 Å². The van der Waals surface area contributed by atoms with Crippen LogP contribution in [0.1, 0.15) is 11.6 Å². The van der Waals surface area contributed by atoms with E-state index in [0.29, 0.717) is 10.6 Å². The van der Waals surface area contributed by atoms with Crippen LogP contribution in [0.3, 0.4) is 0 Å². The number of phenolic OH excluding ortho intramolecular Hbond substituents is 1. The fraction of sp³-hybridized carbons (Fsp3) is 0.333. The van der Waals surface area contributed by atoms with Crippen molar-refractivity contribution >= 4 is 11.6 Å². The third-order valence-corrected chi connectivity index (χ3v) is 2.23. The minimum Gasteiger partial charge on any atom is -0.508 e. The highest BCUT2D eigenvalue weighted by atomic mass is 35.5. The molecule has 0 saturated carbocycles. The summed E-state index contributed by atoms with van der Waals surface area (Å²) in [4.78, 5) is 0. The van der Waals surface area contributed by atoms with E-state index >= 15 is 0 Å². The summed E-state index contributed by atoms with van der Waals surface area (Å²) in [6.45, 7) is -0.0559. The van der Waals surface area contributed by atoms with Gasteiger partial charge in [0.05, 0.1) is 12.6 Å². The number of aromatic hydroxyl groups is 1. The lowest BCUT2D eigenvalue weighted by atomic mass is 10.1. The lowest BCUT2D eigenvalue weighted by molar-refractivity contribution is 0.251. The van der Waals surface area contributed by atoms with Gasteiger partial charge in [-0.05, 0) is 30.8 Å². The van der Waals surface area contributed by atoms with Gasteiger partial charge in [0.25, 0.3) is 0 Å². The van der Waals surface area contributed by atoms with Crippen LogP contribution in [-0.2, 0) is 0 Å². The van der Waals surface area contributed by atoms with E-state index in [9.17, 15) is 5.11 Å². The second-order valence-electron chi connectivity index (χ2n) is 2.73. The number of likely N-dealkylation sites (N-methyl/N-ethyl adjacent to an activating group) is 1. The average molecular weight is 202 g/mol. The molecule has 0 aromatic heterocycles. The quantitative estimate of drug-likeness (QED) is 0.691. The topological polar surface area (TPSA) is 52.5 Å². The van der Waals surface area contributed by atoms with Crippen molar-refractivity contribution in [1.29, 1.82) is 0 Å². The Morgan fingerprint density at radius 1 is 1.54 bits per heavy atom. The van der Waals surface area contributed by atoms with Crippen LogP contribution in [0.5, 0.6) is 5.75 Å². The fourth-order valence-electron chi connectivity index (χ4n) is 1.14. The van der Waals surface area contributed by atoms with Crippen LogP contribution in [0.15, 0.2) is 18.2 Å². The van der Waals surface area contributed by atoms with Gasteiger partial charge >= 0.3 is 0 Å². The van der Waals surface area contributed by atoms with E-state index in [-0.39, 0.29) is 18.4 Å². The van der Waals surface area contributed by atoms with Crippen LogP contribution in [0.25, 0.3) is 0 Å². The number of hydrogen-bond donors (Lipinski definition) is 3. The Hall–Kier alpha value is -0.770. The van der Waals surface area contributed by atoms with Crippen LogP contribution in [0, 0.1) is 0 Å². The summed E-state index contributed by atoms with van der Waals surface area (Å²) >= 11 is 5.89. The lowest BCUT2D eigenvalue weighted by Crippen LogP contribution is -2.20. The smallest absolute Gasteiger partial charge is 0.116 e. The summed E-state index contributed by atoms with van der Waals surface area (Å²) < 4.78 is 0. The predicted molar refractivity (Wildman–Crippen MR) is 52.0 cm³/mol. The van der Waals surface area contributed by atoms with Gasteiger partial charge < -0.3 is 15.5 Å². The molecule has 0 aliphatic heterocycles. The Labute approximate surface area is 82.0 Å². The highest BCUT2D eigenvalue weighted by Gasteiger charge is 2.11. The number of phenols is 1. The monoisotopic (exact) mass is 201 g/mol. The summed E-state index contributed by atoms with van der Waals surface area (Å²) in [5.74, 6) is 0.146. The van der Waals surface area contributed by atoms with Gasteiger partial charge in [0.15, 0.2) is 0 Å².